The molecule has 0 spiro atoms. The first kappa shape index (κ1) is 28.9. The zero-order chi connectivity index (χ0) is 28.0. The predicted molar refractivity (Wildman–Crippen MR) is 168 cm³/mol. The molecule has 3 aromatic carbocycles. The topological polar surface area (TPSA) is 38.9 Å². The molecule has 0 N–H and O–H groups in total. The van der Waals surface area contributed by atoms with Crippen molar-refractivity contribution in [3.05, 3.63) is 118 Å². The summed E-state index contributed by atoms with van der Waals surface area (Å²) in [6, 6.07) is 27.2. The fourth-order valence-electron chi connectivity index (χ4n) is 4.86. The SMILES string of the molecule is Cc1c[c-]c(-c2cc(C)c(C)cn2)cc1.Cc1ccc(-c2[c-]ccc3c2oc2ccc4c(C)c(C)sc4c23)nc1.[Ir]. The molecule has 0 aliphatic carbocycles. The van der Waals surface area contributed by atoms with Crippen LogP contribution >= 0.6 is 11.3 Å². The van der Waals surface area contributed by atoms with Gasteiger partial charge in [-0.15, -0.1) is 64.9 Å². The van der Waals surface area contributed by atoms with Gasteiger partial charge in [0.25, 0.3) is 0 Å². The van der Waals surface area contributed by atoms with Crippen LogP contribution in [-0.4, -0.2) is 9.97 Å². The van der Waals surface area contributed by atoms with E-state index < -0.39 is 0 Å². The van der Waals surface area contributed by atoms with Crippen LogP contribution in [0.25, 0.3) is 54.5 Å². The Labute approximate surface area is 258 Å². The van der Waals surface area contributed by atoms with Crippen molar-refractivity contribution in [2.45, 2.75) is 41.5 Å². The first-order chi connectivity index (χ1) is 19.3. The fraction of sp³-hybridized carbons (Fsp3) is 0.167. The van der Waals surface area contributed by atoms with Gasteiger partial charge in [0.05, 0.1) is 5.58 Å². The number of hydrogen-bond donors (Lipinski definition) is 0. The van der Waals surface area contributed by atoms with E-state index in [1.807, 2.05) is 48.9 Å². The Morgan fingerprint density at radius 2 is 1.51 bits per heavy atom. The van der Waals surface area contributed by atoms with Gasteiger partial charge in [-0.25, -0.2) is 0 Å². The number of furan rings is 1. The first-order valence-electron chi connectivity index (χ1n) is 13.4. The van der Waals surface area contributed by atoms with Crippen molar-refractivity contribution in [3.8, 4) is 22.5 Å². The summed E-state index contributed by atoms with van der Waals surface area (Å²) in [7, 11) is 0. The van der Waals surface area contributed by atoms with Gasteiger partial charge in [0.15, 0.2) is 0 Å². The molecule has 0 aliphatic rings. The third-order valence-electron chi connectivity index (χ3n) is 7.52. The summed E-state index contributed by atoms with van der Waals surface area (Å²) in [6.45, 7) is 12.7. The smallest absolute Gasteiger partial charge is 0.122 e. The molecule has 0 fully saturated rings. The minimum atomic E-state index is 0. The van der Waals surface area contributed by atoms with E-state index in [1.54, 1.807) is 0 Å². The first-order valence-corrected chi connectivity index (χ1v) is 14.2. The average Bonchev–Trinajstić information content (AvgIpc) is 3.48. The molecule has 3 nitrogen and oxygen atoms in total. The van der Waals surface area contributed by atoms with Crippen LogP contribution < -0.4 is 0 Å². The second-order valence-electron chi connectivity index (χ2n) is 10.5. The van der Waals surface area contributed by atoms with Crippen LogP contribution in [0.2, 0.25) is 0 Å². The van der Waals surface area contributed by atoms with Crippen molar-refractivity contribution >= 4 is 43.4 Å². The van der Waals surface area contributed by atoms with Crippen molar-refractivity contribution in [3.63, 3.8) is 0 Å². The van der Waals surface area contributed by atoms with Crippen LogP contribution in [0.4, 0.5) is 0 Å². The van der Waals surface area contributed by atoms with Gasteiger partial charge in [-0.3, -0.25) is 0 Å². The Balaban J connectivity index is 0.000000182. The maximum absolute atomic E-state index is 6.26. The van der Waals surface area contributed by atoms with E-state index in [0.717, 1.165) is 44.6 Å². The molecule has 0 unspecified atom stereocenters. The number of benzene rings is 3. The van der Waals surface area contributed by atoms with Crippen molar-refractivity contribution < 1.29 is 24.5 Å². The summed E-state index contributed by atoms with van der Waals surface area (Å²) in [4.78, 5) is 10.3. The van der Waals surface area contributed by atoms with Gasteiger partial charge in [-0.1, -0.05) is 41.6 Å². The van der Waals surface area contributed by atoms with E-state index in [4.69, 9.17) is 4.42 Å². The zero-order valence-corrected chi connectivity index (χ0v) is 27.2. The monoisotopic (exact) mass is 731 g/mol. The summed E-state index contributed by atoms with van der Waals surface area (Å²) in [5, 5.41) is 3.66. The van der Waals surface area contributed by atoms with Crippen LogP contribution in [0.5, 0.6) is 0 Å². The number of aromatic nitrogens is 2. The maximum Gasteiger partial charge on any atom is 0.122 e. The number of rotatable bonds is 2. The minimum absolute atomic E-state index is 0. The standard InChI is InChI=1S/C22H16NOS.C14H14N.Ir/c1-12-7-9-18(23-11-12)16-5-4-6-17-20-19(24-21(16)17)10-8-15-13(2)14(3)25-22(15)20;1-10-4-6-13(7-5-10)14-8-11(2)12(3)9-15-14;/h4,6-11H,1-3H3;4-6,8-9H,1-3H3;/q2*-1;. The van der Waals surface area contributed by atoms with Crippen LogP contribution in [-0.2, 0) is 20.1 Å². The van der Waals surface area contributed by atoms with Crippen molar-refractivity contribution in [2.24, 2.45) is 0 Å². The zero-order valence-electron chi connectivity index (χ0n) is 24.0. The molecule has 7 aromatic rings. The quantitative estimate of drug-likeness (QED) is 0.166. The van der Waals surface area contributed by atoms with Crippen molar-refractivity contribution in [1.29, 1.82) is 0 Å². The van der Waals surface area contributed by atoms with Crippen molar-refractivity contribution in [1.82, 2.24) is 9.97 Å². The Morgan fingerprint density at radius 1 is 0.732 bits per heavy atom. The summed E-state index contributed by atoms with van der Waals surface area (Å²) in [5.74, 6) is 0. The summed E-state index contributed by atoms with van der Waals surface area (Å²) in [5.41, 5.74) is 11.9. The second kappa shape index (κ2) is 11.7. The van der Waals surface area contributed by atoms with Crippen LogP contribution in [0.15, 0.2) is 77.5 Å². The Morgan fingerprint density at radius 3 is 2.22 bits per heavy atom. The number of pyridine rings is 2. The molecule has 4 heterocycles. The summed E-state index contributed by atoms with van der Waals surface area (Å²) < 4.78 is 7.57. The molecule has 0 saturated carbocycles. The molecule has 5 heteroatoms. The van der Waals surface area contributed by atoms with Gasteiger partial charge in [0.2, 0.25) is 0 Å². The van der Waals surface area contributed by atoms with E-state index in [0.29, 0.717) is 0 Å². The number of thiophene rings is 1. The van der Waals surface area contributed by atoms with E-state index >= 15 is 0 Å². The fourth-order valence-corrected chi connectivity index (χ4v) is 6.07. The normalized spacial score (nSPS) is 11.0. The predicted octanol–water partition coefficient (Wildman–Crippen LogP) is 10.1. The molecule has 7 rings (SSSR count). The Kier molecular flexibility index (Phi) is 8.24. The van der Waals surface area contributed by atoms with E-state index in [-0.39, 0.29) is 20.1 Å². The average molecular weight is 731 g/mol. The number of hydrogen-bond acceptors (Lipinski definition) is 4. The summed E-state index contributed by atoms with van der Waals surface area (Å²) in [6.07, 6.45) is 3.80. The molecule has 1 radical (unpaired) electrons. The van der Waals surface area contributed by atoms with E-state index in [2.05, 4.69) is 99.2 Å². The molecule has 41 heavy (non-hydrogen) atoms. The van der Waals surface area contributed by atoms with Crippen LogP contribution in [0.3, 0.4) is 0 Å². The molecule has 4 aromatic heterocycles. The number of aryl methyl sites for hydroxylation is 6. The maximum atomic E-state index is 6.26. The van der Waals surface area contributed by atoms with Gasteiger partial charge >= 0.3 is 0 Å². The van der Waals surface area contributed by atoms with Gasteiger partial charge in [-0.2, -0.15) is 0 Å². The van der Waals surface area contributed by atoms with Crippen molar-refractivity contribution in [2.75, 3.05) is 0 Å². The molecule has 207 valence electrons. The van der Waals surface area contributed by atoms with Gasteiger partial charge < -0.3 is 14.4 Å². The molecular weight excluding hydrogens is 701 g/mol. The van der Waals surface area contributed by atoms with Gasteiger partial charge in [-0.05, 0) is 80.2 Å². The van der Waals surface area contributed by atoms with Gasteiger partial charge in [0, 0.05) is 47.5 Å². The van der Waals surface area contributed by atoms with Crippen LogP contribution in [0.1, 0.15) is 32.7 Å². The molecule has 0 atom stereocenters. The molecule has 0 aliphatic heterocycles. The largest absolute Gasteiger partial charge is 0.501 e. The number of nitrogens with zero attached hydrogens (tertiary/aromatic N) is 2. The third kappa shape index (κ3) is 5.50. The molecule has 0 saturated heterocycles. The Hall–Kier alpha value is -3.63. The number of fused-ring (bicyclic) bond motifs is 5. The van der Waals surface area contributed by atoms with Gasteiger partial charge in [0.1, 0.15) is 5.58 Å². The summed E-state index contributed by atoms with van der Waals surface area (Å²) >= 11 is 1.85. The molecule has 0 amide bonds. The minimum Gasteiger partial charge on any atom is -0.501 e. The van der Waals surface area contributed by atoms with Crippen LogP contribution in [0, 0.1) is 53.7 Å². The third-order valence-corrected chi connectivity index (χ3v) is 8.76. The molecule has 0 bridgehead atoms. The second-order valence-corrected chi connectivity index (χ2v) is 11.7. The Bertz CT molecular complexity index is 2000. The van der Waals surface area contributed by atoms with E-state index in [9.17, 15) is 0 Å². The molecular formula is C36H30IrN2OS-2. The van der Waals surface area contributed by atoms with E-state index in [1.165, 1.54) is 42.6 Å².